The molecule has 24 heavy (non-hydrogen) atoms. The summed E-state index contributed by atoms with van der Waals surface area (Å²) in [4.78, 5) is 25.7. The summed E-state index contributed by atoms with van der Waals surface area (Å²) in [6.07, 6.45) is -0.609. The van der Waals surface area contributed by atoms with Crippen molar-refractivity contribution in [3.8, 4) is 16.9 Å². The summed E-state index contributed by atoms with van der Waals surface area (Å²) in [7, 11) is 4.14. The third-order valence-corrected chi connectivity index (χ3v) is 3.41. The molecule has 0 aliphatic carbocycles. The molecule has 8 nitrogen and oxygen atoms in total. The molecule has 0 atom stereocenters. The fraction of sp³-hybridized carbons (Fsp3) is 0.250. The maximum Gasteiger partial charge on any atom is 0.425 e. The fourth-order valence-corrected chi connectivity index (χ4v) is 2.22. The lowest BCUT2D eigenvalue weighted by Crippen LogP contribution is -2.28. The Balaban J connectivity index is 2.32. The molecule has 1 amide bonds. The smallest absolute Gasteiger partial charge is 0.425 e. The topological polar surface area (TPSA) is 102 Å². The van der Waals surface area contributed by atoms with Crippen LogP contribution in [0.25, 0.3) is 11.1 Å². The van der Waals surface area contributed by atoms with Crippen LogP contribution in [0.15, 0.2) is 24.3 Å². The molecule has 1 aromatic heterocycles. The number of hydrogen-bond donors (Lipinski definition) is 3. The number of aromatic nitrogens is 1. The SMILES string of the molecule is COC(=O)NNc1ccc(-c2cc(C(=O)OC)[nH]c2C)c(OC)c1. The molecule has 0 unspecified atom stereocenters. The Morgan fingerprint density at radius 3 is 2.42 bits per heavy atom. The maximum absolute atomic E-state index is 11.6. The van der Waals surface area contributed by atoms with Gasteiger partial charge in [0, 0.05) is 22.9 Å². The molecule has 0 fully saturated rings. The van der Waals surface area contributed by atoms with Gasteiger partial charge >= 0.3 is 12.1 Å². The first-order valence-electron chi connectivity index (χ1n) is 7.06. The van der Waals surface area contributed by atoms with Gasteiger partial charge in [0.2, 0.25) is 0 Å². The molecule has 0 bridgehead atoms. The lowest BCUT2D eigenvalue weighted by molar-refractivity contribution is 0.0594. The number of nitrogens with one attached hydrogen (secondary N) is 3. The number of rotatable bonds is 5. The number of anilines is 1. The van der Waals surface area contributed by atoms with Crippen molar-refractivity contribution in [3.05, 3.63) is 35.7 Å². The molecular weight excluding hydrogens is 314 g/mol. The number of H-pyrrole nitrogens is 1. The minimum absolute atomic E-state index is 0.363. The van der Waals surface area contributed by atoms with Crippen molar-refractivity contribution in [2.24, 2.45) is 0 Å². The van der Waals surface area contributed by atoms with E-state index in [4.69, 9.17) is 9.47 Å². The lowest BCUT2D eigenvalue weighted by Gasteiger charge is -2.12. The van der Waals surface area contributed by atoms with Crippen molar-refractivity contribution < 1.29 is 23.8 Å². The van der Waals surface area contributed by atoms with Gasteiger partial charge in [-0.3, -0.25) is 5.43 Å². The van der Waals surface area contributed by atoms with Gasteiger partial charge < -0.3 is 19.2 Å². The Kier molecular flexibility index (Phi) is 5.31. The van der Waals surface area contributed by atoms with E-state index in [-0.39, 0.29) is 0 Å². The largest absolute Gasteiger partial charge is 0.496 e. The number of benzene rings is 1. The van der Waals surface area contributed by atoms with Gasteiger partial charge in [0.1, 0.15) is 11.4 Å². The van der Waals surface area contributed by atoms with Gasteiger partial charge in [-0.15, -0.1) is 0 Å². The van der Waals surface area contributed by atoms with Gasteiger partial charge in [0.05, 0.1) is 27.0 Å². The van der Waals surface area contributed by atoms with Gasteiger partial charge in [0.25, 0.3) is 0 Å². The van der Waals surface area contributed by atoms with Crippen LogP contribution in [0.2, 0.25) is 0 Å². The molecule has 0 saturated carbocycles. The van der Waals surface area contributed by atoms with Gasteiger partial charge in [-0.2, -0.15) is 0 Å². The second-order valence-electron chi connectivity index (χ2n) is 4.87. The Labute approximate surface area is 139 Å². The predicted molar refractivity (Wildman–Crippen MR) is 88.0 cm³/mol. The van der Waals surface area contributed by atoms with Crippen molar-refractivity contribution in [3.63, 3.8) is 0 Å². The highest BCUT2D eigenvalue weighted by atomic mass is 16.5. The molecule has 2 aromatic rings. The van der Waals surface area contributed by atoms with E-state index < -0.39 is 12.1 Å². The molecule has 0 aliphatic rings. The Morgan fingerprint density at radius 2 is 1.79 bits per heavy atom. The monoisotopic (exact) mass is 333 g/mol. The molecule has 0 aliphatic heterocycles. The normalized spacial score (nSPS) is 10.0. The number of hydrazine groups is 1. The number of esters is 1. The zero-order chi connectivity index (χ0) is 17.7. The van der Waals surface area contributed by atoms with E-state index in [1.54, 1.807) is 25.3 Å². The van der Waals surface area contributed by atoms with Crippen molar-refractivity contribution in [1.29, 1.82) is 0 Å². The number of carbonyl (C=O) groups excluding carboxylic acids is 2. The number of hydrogen-bond acceptors (Lipinski definition) is 6. The van der Waals surface area contributed by atoms with E-state index in [0.717, 1.165) is 16.8 Å². The van der Waals surface area contributed by atoms with E-state index in [1.165, 1.54) is 14.2 Å². The van der Waals surface area contributed by atoms with E-state index in [9.17, 15) is 9.59 Å². The van der Waals surface area contributed by atoms with Crippen LogP contribution >= 0.6 is 0 Å². The van der Waals surface area contributed by atoms with Crippen LogP contribution in [0.4, 0.5) is 10.5 Å². The van der Waals surface area contributed by atoms with Gasteiger partial charge in [-0.1, -0.05) is 0 Å². The zero-order valence-electron chi connectivity index (χ0n) is 13.9. The molecule has 2 rings (SSSR count). The van der Waals surface area contributed by atoms with Crippen LogP contribution in [0.5, 0.6) is 5.75 Å². The Morgan fingerprint density at radius 1 is 1.04 bits per heavy atom. The average Bonchev–Trinajstić information content (AvgIpc) is 3.00. The van der Waals surface area contributed by atoms with Crippen LogP contribution in [0.1, 0.15) is 16.2 Å². The second kappa shape index (κ2) is 7.40. The van der Waals surface area contributed by atoms with E-state index >= 15 is 0 Å². The number of carbonyl (C=O) groups is 2. The first kappa shape index (κ1) is 17.2. The minimum atomic E-state index is -0.609. The van der Waals surface area contributed by atoms with Crippen LogP contribution in [0.3, 0.4) is 0 Å². The van der Waals surface area contributed by atoms with Crippen molar-refractivity contribution in [1.82, 2.24) is 10.4 Å². The fourth-order valence-electron chi connectivity index (χ4n) is 2.22. The average molecular weight is 333 g/mol. The molecule has 1 aromatic carbocycles. The van der Waals surface area contributed by atoms with Gasteiger partial charge in [0.15, 0.2) is 0 Å². The third kappa shape index (κ3) is 3.60. The number of aromatic amines is 1. The lowest BCUT2D eigenvalue weighted by atomic mass is 10.0. The van der Waals surface area contributed by atoms with Crippen LogP contribution in [-0.4, -0.2) is 38.4 Å². The van der Waals surface area contributed by atoms with Gasteiger partial charge in [-0.25, -0.2) is 15.0 Å². The Hall–Kier alpha value is -3.16. The zero-order valence-corrected chi connectivity index (χ0v) is 13.9. The predicted octanol–water partition coefficient (Wildman–Crippen LogP) is 2.47. The van der Waals surface area contributed by atoms with Crippen molar-refractivity contribution >= 4 is 17.7 Å². The number of aryl methyl sites for hydroxylation is 1. The highest BCUT2D eigenvalue weighted by Crippen LogP contribution is 2.34. The first-order valence-corrected chi connectivity index (χ1v) is 7.06. The molecule has 0 saturated heterocycles. The summed E-state index contributed by atoms with van der Waals surface area (Å²) in [6, 6.07) is 7.00. The van der Waals surface area contributed by atoms with Crippen LogP contribution < -0.4 is 15.6 Å². The summed E-state index contributed by atoms with van der Waals surface area (Å²) in [5, 5.41) is 0. The Bertz CT molecular complexity index is 754. The molecule has 1 heterocycles. The molecular formula is C16H19N3O5. The quantitative estimate of drug-likeness (QED) is 0.574. The minimum Gasteiger partial charge on any atom is -0.496 e. The highest BCUT2D eigenvalue weighted by molar-refractivity contribution is 5.90. The standard InChI is InChI=1S/C16H19N3O5/c1-9-12(8-13(17-9)15(20)23-3)11-6-5-10(7-14(11)22-2)18-19-16(21)24-4/h5-8,17-18H,1-4H3,(H,19,21). The van der Waals surface area contributed by atoms with Crippen molar-refractivity contribution in [2.75, 3.05) is 26.8 Å². The van der Waals surface area contributed by atoms with Gasteiger partial charge in [-0.05, 0) is 25.1 Å². The molecule has 128 valence electrons. The molecule has 0 radical (unpaired) electrons. The summed E-state index contributed by atoms with van der Waals surface area (Å²) in [5.41, 5.74) is 8.47. The maximum atomic E-state index is 11.6. The first-order chi connectivity index (χ1) is 11.5. The van der Waals surface area contributed by atoms with E-state index in [1.807, 2.05) is 13.0 Å². The van der Waals surface area contributed by atoms with Crippen LogP contribution in [0, 0.1) is 6.92 Å². The number of amides is 1. The third-order valence-electron chi connectivity index (χ3n) is 3.41. The molecule has 0 spiro atoms. The summed E-state index contributed by atoms with van der Waals surface area (Å²) >= 11 is 0. The van der Waals surface area contributed by atoms with E-state index in [2.05, 4.69) is 20.6 Å². The summed E-state index contributed by atoms with van der Waals surface area (Å²) in [5.74, 6) is 0.133. The van der Waals surface area contributed by atoms with Crippen LogP contribution in [-0.2, 0) is 9.47 Å². The second-order valence-corrected chi connectivity index (χ2v) is 4.87. The summed E-state index contributed by atoms with van der Waals surface area (Å²) in [6.45, 7) is 1.85. The van der Waals surface area contributed by atoms with E-state index in [0.29, 0.717) is 17.1 Å². The molecule has 3 N–H and O–H groups in total. The number of methoxy groups -OCH3 is 3. The number of ether oxygens (including phenoxy) is 3. The molecule has 8 heteroatoms. The van der Waals surface area contributed by atoms with Crippen molar-refractivity contribution in [2.45, 2.75) is 6.92 Å². The highest BCUT2D eigenvalue weighted by Gasteiger charge is 2.16. The summed E-state index contributed by atoms with van der Waals surface area (Å²) < 4.78 is 14.6.